The Morgan fingerprint density at radius 3 is 2.34 bits per heavy atom. The van der Waals surface area contributed by atoms with E-state index in [0.717, 1.165) is 11.1 Å². The molecule has 0 aromatic heterocycles. The number of rotatable bonds is 7. The third-order valence-electron chi connectivity index (χ3n) is 4.81. The number of amides is 3. The zero-order valence-electron chi connectivity index (χ0n) is 18.2. The van der Waals surface area contributed by atoms with Crippen molar-refractivity contribution in [1.82, 2.24) is 10.6 Å². The summed E-state index contributed by atoms with van der Waals surface area (Å²) in [7, 11) is -3.20. The molecule has 8 nitrogen and oxygen atoms in total. The van der Waals surface area contributed by atoms with Crippen LogP contribution in [0.5, 0.6) is 0 Å². The number of nitrogens with zero attached hydrogens (tertiary/aromatic N) is 1. The molecule has 1 saturated heterocycles. The maximum absolute atomic E-state index is 12.1. The van der Waals surface area contributed by atoms with Gasteiger partial charge in [-0.3, -0.25) is 9.10 Å². The van der Waals surface area contributed by atoms with Crippen molar-refractivity contribution in [3.63, 3.8) is 0 Å². The Hall–Kier alpha value is -3.33. The van der Waals surface area contributed by atoms with Gasteiger partial charge in [0.25, 0.3) is 0 Å². The predicted molar refractivity (Wildman–Crippen MR) is 127 cm³/mol. The molecule has 32 heavy (non-hydrogen) atoms. The fourth-order valence-electron chi connectivity index (χ4n) is 3.24. The molecule has 3 rings (SSSR count). The van der Waals surface area contributed by atoms with Gasteiger partial charge in [-0.25, -0.2) is 13.2 Å². The van der Waals surface area contributed by atoms with Crippen molar-refractivity contribution in [1.29, 1.82) is 0 Å². The van der Waals surface area contributed by atoms with Crippen molar-refractivity contribution in [2.24, 2.45) is 0 Å². The number of nitrogens with one attached hydrogen (secondary N) is 3. The summed E-state index contributed by atoms with van der Waals surface area (Å²) in [6, 6.07) is 14.1. The summed E-state index contributed by atoms with van der Waals surface area (Å²) in [4.78, 5) is 23.8. The minimum absolute atomic E-state index is 0.0525. The summed E-state index contributed by atoms with van der Waals surface area (Å²) in [5, 5.41) is 8.30. The molecule has 0 spiro atoms. The van der Waals surface area contributed by atoms with Gasteiger partial charge in [-0.15, -0.1) is 0 Å². The van der Waals surface area contributed by atoms with Crippen molar-refractivity contribution < 1.29 is 18.0 Å². The highest BCUT2D eigenvalue weighted by Crippen LogP contribution is 2.24. The molecular formula is C23H28N4O4S. The van der Waals surface area contributed by atoms with Crippen molar-refractivity contribution in [2.45, 2.75) is 32.9 Å². The minimum atomic E-state index is -3.20. The Morgan fingerprint density at radius 1 is 1.06 bits per heavy atom. The van der Waals surface area contributed by atoms with Crippen LogP contribution in [0.25, 0.3) is 6.08 Å². The second kappa shape index (κ2) is 10.3. The third kappa shape index (κ3) is 6.58. The lowest BCUT2D eigenvalue weighted by atomic mass is 10.2. The Morgan fingerprint density at radius 2 is 1.75 bits per heavy atom. The van der Waals surface area contributed by atoms with Gasteiger partial charge < -0.3 is 16.0 Å². The highest BCUT2D eigenvalue weighted by Gasteiger charge is 2.28. The van der Waals surface area contributed by atoms with Crippen LogP contribution in [0.4, 0.5) is 16.2 Å². The van der Waals surface area contributed by atoms with E-state index in [-0.39, 0.29) is 23.7 Å². The van der Waals surface area contributed by atoms with E-state index in [2.05, 4.69) is 16.0 Å². The van der Waals surface area contributed by atoms with Crippen LogP contribution in [-0.2, 0) is 21.4 Å². The molecule has 1 aliphatic heterocycles. The van der Waals surface area contributed by atoms with Gasteiger partial charge >= 0.3 is 6.03 Å². The van der Waals surface area contributed by atoms with Gasteiger partial charge in [0.05, 0.1) is 11.4 Å². The minimum Gasteiger partial charge on any atom is -0.348 e. The molecule has 0 bridgehead atoms. The van der Waals surface area contributed by atoms with Crippen LogP contribution in [0.3, 0.4) is 0 Å². The molecule has 0 radical (unpaired) electrons. The number of anilines is 2. The molecule has 3 N–H and O–H groups in total. The van der Waals surface area contributed by atoms with Crippen molar-refractivity contribution >= 4 is 39.4 Å². The largest absolute Gasteiger partial charge is 0.348 e. The third-order valence-corrected chi connectivity index (χ3v) is 6.68. The molecule has 170 valence electrons. The van der Waals surface area contributed by atoms with Gasteiger partial charge in [-0.1, -0.05) is 24.3 Å². The van der Waals surface area contributed by atoms with Crippen LogP contribution in [0.1, 0.15) is 31.4 Å². The first-order valence-corrected chi connectivity index (χ1v) is 12.1. The number of urea groups is 1. The summed E-state index contributed by atoms with van der Waals surface area (Å²) < 4.78 is 25.4. The van der Waals surface area contributed by atoms with Gasteiger partial charge in [0.2, 0.25) is 15.9 Å². The summed E-state index contributed by atoms with van der Waals surface area (Å²) in [5.41, 5.74) is 3.01. The lowest BCUT2D eigenvalue weighted by Crippen LogP contribution is -2.34. The number of benzene rings is 2. The maximum atomic E-state index is 12.1. The highest BCUT2D eigenvalue weighted by molar-refractivity contribution is 7.93. The fraction of sp³-hybridized carbons (Fsp3) is 0.304. The van der Waals surface area contributed by atoms with Gasteiger partial charge in [-0.2, -0.15) is 0 Å². The molecule has 1 fully saturated rings. The molecule has 0 atom stereocenters. The molecule has 0 saturated carbocycles. The second-order valence-corrected chi connectivity index (χ2v) is 9.85. The first-order chi connectivity index (χ1) is 15.2. The molecule has 0 unspecified atom stereocenters. The molecular weight excluding hydrogens is 428 g/mol. The lowest BCUT2D eigenvalue weighted by Gasteiger charge is -2.16. The molecule has 0 aliphatic carbocycles. The number of hydrogen-bond acceptors (Lipinski definition) is 4. The van der Waals surface area contributed by atoms with E-state index in [0.29, 0.717) is 30.9 Å². The zero-order valence-corrected chi connectivity index (χ0v) is 19.0. The fourth-order valence-corrected chi connectivity index (χ4v) is 4.80. The molecule has 1 aliphatic rings. The number of carbonyl (C=O) groups is 2. The van der Waals surface area contributed by atoms with E-state index >= 15 is 0 Å². The lowest BCUT2D eigenvalue weighted by molar-refractivity contribution is -0.116. The average molecular weight is 457 g/mol. The Kier molecular flexibility index (Phi) is 7.53. The standard InChI is InChI=1S/C23H28N4O4S/c1-17(2)25-23(29)26-20-9-4-19(5-10-20)16-24-22(28)13-8-18-6-11-21(12-7-18)27-14-3-15-32(27,30)31/h4-13,17H,3,14-16H2,1-2H3,(H,24,28)(H2,25,26,29). The van der Waals surface area contributed by atoms with Crippen molar-refractivity contribution in [3.8, 4) is 0 Å². The molecule has 2 aromatic carbocycles. The predicted octanol–water partition coefficient (Wildman–Crippen LogP) is 3.09. The smallest absolute Gasteiger partial charge is 0.319 e. The van der Waals surface area contributed by atoms with Crippen LogP contribution >= 0.6 is 0 Å². The van der Waals surface area contributed by atoms with E-state index in [1.165, 1.54) is 10.4 Å². The van der Waals surface area contributed by atoms with Crippen LogP contribution < -0.4 is 20.3 Å². The van der Waals surface area contributed by atoms with Crippen LogP contribution in [0.15, 0.2) is 54.6 Å². The number of hydrogen-bond donors (Lipinski definition) is 3. The summed E-state index contributed by atoms with van der Waals surface area (Å²) in [5.74, 6) is -0.0589. The Bertz CT molecular complexity index is 1080. The second-order valence-electron chi connectivity index (χ2n) is 7.83. The topological polar surface area (TPSA) is 108 Å². The number of sulfonamides is 1. The summed E-state index contributed by atoms with van der Waals surface area (Å²) in [6.45, 7) is 4.63. The molecule has 9 heteroatoms. The van der Waals surface area contributed by atoms with Gasteiger partial charge in [0, 0.05) is 30.9 Å². The first-order valence-electron chi connectivity index (χ1n) is 10.5. The Labute approximate surface area is 188 Å². The molecule has 2 aromatic rings. The van der Waals surface area contributed by atoms with E-state index < -0.39 is 10.0 Å². The van der Waals surface area contributed by atoms with Crippen LogP contribution in [-0.4, -0.2) is 38.7 Å². The van der Waals surface area contributed by atoms with Crippen LogP contribution in [0.2, 0.25) is 0 Å². The normalized spacial score (nSPS) is 15.2. The quantitative estimate of drug-likeness (QED) is 0.557. The van der Waals surface area contributed by atoms with E-state index in [1.54, 1.807) is 42.5 Å². The van der Waals surface area contributed by atoms with E-state index in [1.807, 2.05) is 26.0 Å². The average Bonchev–Trinajstić information content (AvgIpc) is 3.10. The first kappa shape index (κ1) is 23.3. The maximum Gasteiger partial charge on any atom is 0.319 e. The monoisotopic (exact) mass is 456 g/mol. The van der Waals surface area contributed by atoms with Gasteiger partial charge in [0.1, 0.15) is 0 Å². The van der Waals surface area contributed by atoms with Crippen LogP contribution in [0, 0.1) is 0 Å². The van der Waals surface area contributed by atoms with E-state index in [9.17, 15) is 18.0 Å². The highest BCUT2D eigenvalue weighted by atomic mass is 32.2. The van der Waals surface area contributed by atoms with Gasteiger partial charge in [-0.05, 0) is 61.7 Å². The number of carbonyl (C=O) groups excluding carboxylic acids is 2. The molecule has 1 heterocycles. The molecule has 3 amide bonds. The Balaban J connectivity index is 1.48. The van der Waals surface area contributed by atoms with Gasteiger partial charge in [0.15, 0.2) is 0 Å². The van der Waals surface area contributed by atoms with Crippen molar-refractivity contribution in [3.05, 3.63) is 65.7 Å². The van der Waals surface area contributed by atoms with Crippen molar-refractivity contribution in [2.75, 3.05) is 21.9 Å². The summed E-state index contributed by atoms with van der Waals surface area (Å²) >= 11 is 0. The van der Waals surface area contributed by atoms with E-state index in [4.69, 9.17) is 0 Å². The zero-order chi connectivity index (χ0) is 23.1. The summed E-state index contributed by atoms with van der Waals surface area (Å²) in [6.07, 6.45) is 3.75. The SMILES string of the molecule is CC(C)NC(=O)Nc1ccc(CNC(=O)C=Cc2ccc(N3CCCS3(=O)=O)cc2)cc1.